The van der Waals surface area contributed by atoms with Crippen LogP contribution in [0.25, 0.3) is 0 Å². The molecule has 2 rings (SSSR count). The Bertz CT molecular complexity index is 650. The Morgan fingerprint density at radius 3 is 2.31 bits per heavy atom. The summed E-state index contributed by atoms with van der Waals surface area (Å²) in [5, 5.41) is 2.76. The summed E-state index contributed by atoms with van der Waals surface area (Å²) < 4.78 is 21.1. The van der Waals surface area contributed by atoms with Crippen molar-refractivity contribution in [1.82, 2.24) is 5.32 Å². The third kappa shape index (κ3) is 6.46. The Kier molecular flexibility index (Phi) is 6.71. The van der Waals surface area contributed by atoms with Gasteiger partial charge in [-0.05, 0) is 63.3 Å². The van der Waals surface area contributed by atoms with Crippen molar-refractivity contribution in [2.75, 3.05) is 19.9 Å². The van der Waals surface area contributed by atoms with E-state index in [4.69, 9.17) is 18.9 Å². The van der Waals surface area contributed by atoms with Gasteiger partial charge in [0.1, 0.15) is 5.60 Å². The van der Waals surface area contributed by atoms with Crippen LogP contribution in [0, 0.1) is 0 Å². The number of ether oxygens (including phenoxy) is 4. The lowest BCUT2D eigenvalue weighted by molar-refractivity contribution is -0.141. The van der Waals surface area contributed by atoms with Crippen LogP contribution in [0.5, 0.6) is 11.5 Å². The van der Waals surface area contributed by atoms with E-state index in [2.05, 4.69) is 5.32 Å². The molecule has 0 fully saturated rings. The number of rotatable bonds is 7. The molecule has 1 heterocycles. The van der Waals surface area contributed by atoms with Crippen LogP contribution in [0.2, 0.25) is 0 Å². The predicted molar refractivity (Wildman–Crippen MR) is 95.5 cm³/mol. The maximum absolute atomic E-state index is 11.8. The minimum atomic E-state index is -0.523. The first kappa shape index (κ1) is 19.9. The van der Waals surface area contributed by atoms with E-state index >= 15 is 0 Å². The second-order valence-corrected chi connectivity index (χ2v) is 7.10. The van der Waals surface area contributed by atoms with Crippen molar-refractivity contribution in [3.8, 4) is 11.5 Å². The summed E-state index contributed by atoms with van der Waals surface area (Å²) in [6.45, 7) is 7.91. The molecule has 1 aliphatic rings. The number of amides is 1. The van der Waals surface area contributed by atoms with Gasteiger partial charge < -0.3 is 24.3 Å². The van der Waals surface area contributed by atoms with Crippen LogP contribution in [0.4, 0.5) is 4.79 Å². The molecule has 1 amide bonds. The fourth-order valence-corrected chi connectivity index (χ4v) is 2.58. The molecule has 0 aromatic heterocycles. The number of nitrogens with one attached hydrogen (secondary N) is 1. The van der Waals surface area contributed by atoms with Crippen molar-refractivity contribution >= 4 is 12.1 Å². The first-order chi connectivity index (χ1) is 12.2. The van der Waals surface area contributed by atoms with Crippen LogP contribution in [0.3, 0.4) is 0 Å². The van der Waals surface area contributed by atoms with Crippen molar-refractivity contribution in [1.29, 1.82) is 0 Å². The van der Waals surface area contributed by atoms with Crippen LogP contribution >= 0.6 is 0 Å². The van der Waals surface area contributed by atoms with Gasteiger partial charge in [0.25, 0.3) is 0 Å². The first-order valence-corrected chi connectivity index (χ1v) is 8.76. The summed E-state index contributed by atoms with van der Waals surface area (Å²) in [5.74, 6) is 1.15. The zero-order valence-electron chi connectivity index (χ0n) is 15.8. The summed E-state index contributed by atoms with van der Waals surface area (Å²) >= 11 is 0. The van der Waals surface area contributed by atoms with Crippen molar-refractivity contribution < 1.29 is 28.5 Å². The molecule has 0 unspecified atom stereocenters. The number of fused-ring (bicyclic) bond motifs is 1. The SMILES string of the molecule is CC(=O)OCCCc1cc2c(cc1CCNC(=O)OC(C)(C)C)OCO2. The van der Waals surface area contributed by atoms with Crippen molar-refractivity contribution in [2.45, 2.75) is 52.6 Å². The molecule has 0 radical (unpaired) electrons. The third-order valence-electron chi connectivity index (χ3n) is 3.65. The Labute approximate surface area is 153 Å². The number of esters is 1. The molecule has 0 bridgehead atoms. The fraction of sp³-hybridized carbons (Fsp3) is 0.579. The van der Waals surface area contributed by atoms with Crippen molar-refractivity contribution in [2.24, 2.45) is 0 Å². The molecule has 0 atom stereocenters. The van der Waals surface area contributed by atoms with Crippen LogP contribution in [0.1, 0.15) is 45.2 Å². The highest BCUT2D eigenvalue weighted by Gasteiger charge is 2.18. The third-order valence-corrected chi connectivity index (χ3v) is 3.65. The number of carbonyl (C=O) groups is 2. The molecule has 1 aromatic rings. The average Bonchev–Trinajstić information content (AvgIpc) is 2.96. The van der Waals surface area contributed by atoms with E-state index in [-0.39, 0.29) is 12.8 Å². The van der Waals surface area contributed by atoms with Gasteiger partial charge in [-0.2, -0.15) is 0 Å². The number of carbonyl (C=O) groups excluding carboxylic acids is 2. The molecule has 144 valence electrons. The van der Waals surface area contributed by atoms with E-state index in [9.17, 15) is 9.59 Å². The highest BCUT2D eigenvalue weighted by atomic mass is 16.7. The lowest BCUT2D eigenvalue weighted by atomic mass is 9.99. The average molecular weight is 365 g/mol. The molecule has 0 spiro atoms. The zero-order valence-corrected chi connectivity index (χ0v) is 15.8. The molecule has 7 nitrogen and oxygen atoms in total. The van der Waals surface area contributed by atoms with E-state index in [1.165, 1.54) is 6.92 Å². The Morgan fingerprint density at radius 2 is 1.73 bits per heavy atom. The maximum Gasteiger partial charge on any atom is 0.407 e. The van der Waals surface area contributed by atoms with Crippen LogP contribution in [-0.4, -0.2) is 37.6 Å². The smallest absolute Gasteiger partial charge is 0.407 e. The second kappa shape index (κ2) is 8.78. The predicted octanol–water partition coefficient (Wildman–Crippen LogP) is 2.98. The Balaban J connectivity index is 1.94. The number of hydrogen-bond donors (Lipinski definition) is 1. The van der Waals surface area contributed by atoms with Gasteiger partial charge in [0.05, 0.1) is 6.61 Å². The molecule has 1 aromatic carbocycles. The maximum atomic E-state index is 11.8. The van der Waals surface area contributed by atoms with Crippen LogP contribution in [0.15, 0.2) is 12.1 Å². The highest BCUT2D eigenvalue weighted by Crippen LogP contribution is 2.35. The summed E-state index contributed by atoms with van der Waals surface area (Å²) in [6.07, 6.45) is 1.66. The molecule has 0 aliphatic carbocycles. The largest absolute Gasteiger partial charge is 0.466 e. The van der Waals surface area contributed by atoms with Gasteiger partial charge in [0.2, 0.25) is 6.79 Å². The van der Waals surface area contributed by atoms with Crippen LogP contribution < -0.4 is 14.8 Å². The summed E-state index contributed by atoms with van der Waals surface area (Å²) in [7, 11) is 0. The van der Waals surface area contributed by atoms with Gasteiger partial charge in [-0.1, -0.05) is 0 Å². The second-order valence-electron chi connectivity index (χ2n) is 7.10. The van der Waals surface area contributed by atoms with Gasteiger partial charge in [-0.3, -0.25) is 4.79 Å². The molecule has 0 saturated carbocycles. The molecule has 0 saturated heterocycles. The standard InChI is InChI=1S/C19H27NO6/c1-13(21)23-9-5-6-14-10-16-17(25-12-24-16)11-15(14)7-8-20-18(22)26-19(2,3)4/h10-11H,5-9,12H2,1-4H3,(H,20,22). The van der Waals surface area contributed by atoms with Crippen molar-refractivity contribution in [3.05, 3.63) is 23.3 Å². The van der Waals surface area contributed by atoms with E-state index < -0.39 is 11.7 Å². The van der Waals surface area contributed by atoms with E-state index in [1.54, 1.807) is 0 Å². The normalized spacial score (nSPS) is 12.6. The van der Waals surface area contributed by atoms with Gasteiger partial charge in [-0.15, -0.1) is 0 Å². The molecule has 1 aliphatic heterocycles. The minimum absolute atomic E-state index is 0.210. The molecular weight excluding hydrogens is 338 g/mol. The minimum Gasteiger partial charge on any atom is -0.466 e. The molecular formula is C19H27NO6. The molecule has 1 N–H and O–H groups in total. The quantitative estimate of drug-likeness (QED) is 0.591. The number of benzene rings is 1. The van der Waals surface area contributed by atoms with Gasteiger partial charge >= 0.3 is 12.1 Å². The van der Waals surface area contributed by atoms with Gasteiger partial charge in [-0.25, -0.2) is 4.79 Å². The summed E-state index contributed by atoms with van der Waals surface area (Å²) in [6, 6.07) is 3.90. The topological polar surface area (TPSA) is 83.1 Å². The van der Waals surface area contributed by atoms with E-state index in [0.717, 1.165) is 23.3 Å². The number of hydrogen-bond acceptors (Lipinski definition) is 6. The zero-order chi connectivity index (χ0) is 19.2. The molecule has 26 heavy (non-hydrogen) atoms. The number of alkyl carbamates (subject to hydrolysis) is 1. The van der Waals surface area contributed by atoms with Gasteiger partial charge in [0.15, 0.2) is 11.5 Å². The summed E-state index contributed by atoms with van der Waals surface area (Å²) in [4.78, 5) is 22.6. The summed E-state index contributed by atoms with van der Waals surface area (Å²) in [5.41, 5.74) is 1.63. The first-order valence-electron chi connectivity index (χ1n) is 8.76. The Hall–Kier alpha value is -2.44. The van der Waals surface area contributed by atoms with Gasteiger partial charge in [0, 0.05) is 13.5 Å². The lowest BCUT2D eigenvalue weighted by Crippen LogP contribution is -2.33. The number of aryl methyl sites for hydroxylation is 1. The Morgan fingerprint density at radius 1 is 1.12 bits per heavy atom. The fourth-order valence-electron chi connectivity index (χ4n) is 2.58. The lowest BCUT2D eigenvalue weighted by Gasteiger charge is -2.20. The van der Waals surface area contributed by atoms with E-state index in [0.29, 0.717) is 31.7 Å². The van der Waals surface area contributed by atoms with E-state index in [1.807, 2.05) is 32.9 Å². The highest BCUT2D eigenvalue weighted by molar-refractivity contribution is 5.67. The molecule has 7 heteroatoms. The monoisotopic (exact) mass is 365 g/mol. The van der Waals surface area contributed by atoms with Crippen molar-refractivity contribution in [3.63, 3.8) is 0 Å². The van der Waals surface area contributed by atoms with Crippen LogP contribution in [-0.2, 0) is 27.1 Å².